The Morgan fingerprint density at radius 1 is 1.64 bits per heavy atom. The molecule has 1 atom stereocenters. The van der Waals surface area contributed by atoms with Gasteiger partial charge in [-0.2, -0.15) is 4.39 Å². The topological polar surface area (TPSA) is 65.2 Å². The largest absolute Gasteiger partial charge is 0.467 e. The molecule has 5 heteroatoms. The molecule has 1 heterocycles. The van der Waals surface area contributed by atoms with E-state index < -0.39 is 17.5 Å². The van der Waals surface area contributed by atoms with Crippen molar-refractivity contribution in [2.45, 2.75) is 12.5 Å². The molecule has 1 aromatic rings. The van der Waals surface area contributed by atoms with Crippen molar-refractivity contribution in [1.82, 2.24) is 4.98 Å². The number of pyridine rings is 1. The molecular formula is C9H11FN2O2. The van der Waals surface area contributed by atoms with E-state index in [4.69, 9.17) is 5.73 Å². The molecule has 0 aromatic carbocycles. The number of nitrogens with two attached hydrogens (primary N) is 1. The van der Waals surface area contributed by atoms with Gasteiger partial charge in [0.25, 0.3) is 0 Å². The van der Waals surface area contributed by atoms with Crippen LogP contribution in [0.3, 0.4) is 0 Å². The number of nitrogens with zero attached hydrogens (tertiary/aromatic N) is 1. The second kappa shape index (κ2) is 3.71. The highest BCUT2D eigenvalue weighted by atomic mass is 19.1. The first-order chi connectivity index (χ1) is 6.48. The van der Waals surface area contributed by atoms with Crippen molar-refractivity contribution in [1.29, 1.82) is 0 Å². The molecule has 0 spiro atoms. The molecule has 1 aromatic heterocycles. The van der Waals surface area contributed by atoms with Crippen LogP contribution in [-0.2, 0) is 15.1 Å². The van der Waals surface area contributed by atoms with Crippen molar-refractivity contribution in [2.75, 3.05) is 7.11 Å². The number of methoxy groups -OCH3 is 1. The van der Waals surface area contributed by atoms with Gasteiger partial charge in [0.05, 0.1) is 7.11 Å². The molecule has 1 unspecified atom stereocenters. The number of halogens is 1. The first kappa shape index (κ1) is 10.6. The van der Waals surface area contributed by atoms with E-state index in [1.54, 1.807) is 0 Å². The molecule has 1 rings (SSSR count). The Morgan fingerprint density at radius 3 is 2.71 bits per heavy atom. The highest BCUT2D eigenvalue weighted by molar-refractivity contribution is 5.81. The third kappa shape index (κ3) is 1.88. The van der Waals surface area contributed by atoms with E-state index in [0.717, 1.165) is 6.07 Å². The lowest BCUT2D eigenvalue weighted by atomic mass is 9.95. The molecule has 0 aliphatic heterocycles. The zero-order valence-electron chi connectivity index (χ0n) is 7.95. The number of hydrogen-bond donors (Lipinski definition) is 1. The van der Waals surface area contributed by atoms with E-state index >= 15 is 0 Å². The van der Waals surface area contributed by atoms with Crippen molar-refractivity contribution in [3.8, 4) is 0 Å². The summed E-state index contributed by atoms with van der Waals surface area (Å²) in [7, 11) is 1.24. The number of ether oxygens (including phenoxy) is 1. The molecule has 4 nitrogen and oxygen atoms in total. The maximum Gasteiger partial charge on any atom is 0.330 e. The molecule has 0 bridgehead atoms. The van der Waals surface area contributed by atoms with Crippen molar-refractivity contribution in [3.63, 3.8) is 0 Å². The Bertz CT molecular complexity index is 335. The van der Waals surface area contributed by atoms with Crippen LogP contribution in [0.4, 0.5) is 4.39 Å². The lowest BCUT2D eigenvalue weighted by Crippen LogP contribution is -2.42. The molecule has 0 aliphatic rings. The molecular weight excluding hydrogens is 187 g/mol. The molecule has 14 heavy (non-hydrogen) atoms. The smallest absolute Gasteiger partial charge is 0.330 e. The van der Waals surface area contributed by atoms with Crippen LogP contribution in [-0.4, -0.2) is 18.1 Å². The summed E-state index contributed by atoms with van der Waals surface area (Å²) in [4.78, 5) is 14.7. The maximum absolute atomic E-state index is 12.5. The Kier molecular flexibility index (Phi) is 2.81. The van der Waals surface area contributed by atoms with E-state index in [2.05, 4.69) is 9.72 Å². The molecule has 76 valence electrons. The van der Waals surface area contributed by atoms with E-state index in [0.29, 0.717) is 5.56 Å². The van der Waals surface area contributed by atoms with Crippen LogP contribution >= 0.6 is 0 Å². The Balaban J connectivity index is 3.03. The van der Waals surface area contributed by atoms with Crippen molar-refractivity contribution < 1.29 is 13.9 Å². The number of esters is 1. The van der Waals surface area contributed by atoms with Crippen LogP contribution in [0.15, 0.2) is 18.3 Å². The second-order valence-electron chi connectivity index (χ2n) is 3.06. The van der Waals surface area contributed by atoms with Crippen LogP contribution in [0.1, 0.15) is 12.5 Å². The Morgan fingerprint density at radius 2 is 2.29 bits per heavy atom. The summed E-state index contributed by atoms with van der Waals surface area (Å²) in [6.07, 6.45) is 1.21. The average Bonchev–Trinajstić information content (AvgIpc) is 2.17. The average molecular weight is 198 g/mol. The van der Waals surface area contributed by atoms with Gasteiger partial charge in [-0.15, -0.1) is 0 Å². The highest BCUT2D eigenvalue weighted by Crippen LogP contribution is 2.18. The summed E-state index contributed by atoms with van der Waals surface area (Å²) in [6, 6.07) is 2.54. The fourth-order valence-electron chi connectivity index (χ4n) is 1.01. The lowest BCUT2D eigenvalue weighted by molar-refractivity contribution is -0.146. The fraction of sp³-hybridized carbons (Fsp3) is 0.333. The zero-order chi connectivity index (χ0) is 10.8. The van der Waals surface area contributed by atoms with E-state index in [1.165, 1.54) is 26.3 Å². The Hall–Kier alpha value is -1.49. The third-order valence-electron chi connectivity index (χ3n) is 1.94. The predicted octanol–water partition coefficient (Wildman–Crippen LogP) is 0.568. The molecule has 0 radical (unpaired) electrons. The summed E-state index contributed by atoms with van der Waals surface area (Å²) in [6.45, 7) is 1.48. The Labute approximate surface area is 80.9 Å². The summed E-state index contributed by atoms with van der Waals surface area (Å²) in [5.74, 6) is -1.21. The van der Waals surface area contributed by atoms with Crippen LogP contribution in [0.5, 0.6) is 0 Å². The van der Waals surface area contributed by atoms with E-state index in [-0.39, 0.29) is 0 Å². The van der Waals surface area contributed by atoms with Crippen LogP contribution in [0.25, 0.3) is 0 Å². The van der Waals surface area contributed by atoms with Gasteiger partial charge in [0, 0.05) is 11.8 Å². The van der Waals surface area contributed by atoms with Gasteiger partial charge in [-0.3, -0.25) is 0 Å². The van der Waals surface area contributed by atoms with Crippen LogP contribution in [0.2, 0.25) is 0 Å². The van der Waals surface area contributed by atoms with Gasteiger partial charge in [-0.05, 0) is 13.0 Å². The number of rotatable bonds is 2. The van der Waals surface area contributed by atoms with Gasteiger partial charge in [0.15, 0.2) is 0 Å². The minimum absolute atomic E-state index is 0.408. The van der Waals surface area contributed by atoms with Crippen molar-refractivity contribution in [3.05, 3.63) is 29.8 Å². The number of aromatic nitrogens is 1. The van der Waals surface area contributed by atoms with Crippen molar-refractivity contribution >= 4 is 5.97 Å². The first-order valence-corrected chi connectivity index (χ1v) is 3.98. The third-order valence-corrected chi connectivity index (χ3v) is 1.94. The number of hydrogen-bond acceptors (Lipinski definition) is 4. The summed E-state index contributed by atoms with van der Waals surface area (Å²) in [5, 5.41) is 0. The van der Waals surface area contributed by atoms with Gasteiger partial charge in [0.1, 0.15) is 5.54 Å². The SMILES string of the molecule is COC(=O)C(C)(N)c1ccc(F)nc1. The first-order valence-electron chi connectivity index (χ1n) is 3.98. The monoisotopic (exact) mass is 198 g/mol. The standard InChI is InChI=1S/C9H11FN2O2/c1-9(11,8(13)14-2)6-3-4-7(10)12-5-6/h3-5H,11H2,1-2H3. The molecule has 0 saturated heterocycles. The van der Waals surface area contributed by atoms with Crippen molar-refractivity contribution in [2.24, 2.45) is 5.73 Å². The quantitative estimate of drug-likeness (QED) is 0.557. The van der Waals surface area contributed by atoms with Gasteiger partial charge < -0.3 is 10.5 Å². The van der Waals surface area contributed by atoms with Crippen LogP contribution < -0.4 is 5.73 Å². The van der Waals surface area contributed by atoms with E-state index in [9.17, 15) is 9.18 Å². The van der Waals surface area contributed by atoms with E-state index in [1.807, 2.05) is 0 Å². The van der Waals surface area contributed by atoms with Gasteiger partial charge in [-0.1, -0.05) is 6.07 Å². The minimum Gasteiger partial charge on any atom is -0.467 e. The summed E-state index contributed by atoms with van der Waals surface area (Å²) < 4.78 is 17.0. The number of carbonyl (C=O) groups excluding carboxylic acids is 1. The van der Waals surface area contributed by atoms with Gasteiger partial charge in [-0.25, -0.2) is 9.78 Å². The molecule has 0 aliphatic carbocycles. The normalized spacial score (nSPS) is 14.6. The molecule has 0 saturated carbocycles. The minimum atomic E-state index is -1.30. The molecule has 2 N–H and O–H groups in total. The maximum atomic E-state index is 12.5. The summed E-state index contributed by atoms with van der Waals surface area (Å²) in [5.41, 5.74) is 4.82. The molecule has 0 fully saturated rings. The highest BCUT2D eigenvalue weighted by Gasteiger charge is 2.31. The zero-order valence-corrected chi connectivity index (χ0v) is 7.95. The second-order valence-corrected chi connectivity index (χ2v) is 3.06. The fourth-order valence-corrected chi connectivity index (χ4v) is 1.01. The van der Waals surface area contributed by atoms with Crippen LogP contribution in [0, 0.1) is 5.95 Å². The summed E-state index contributed by atoms with van der Waals surface area (Å²) >= 11 is 0. The van der Waals surface area contributed by atoms with Gasteiger partial charge >= 0.3 is 5.97 Å². The van der Waals surface area contributed by atoms with Gasteiger partial charge in [0.2, 0.25) is 5.95 Å². The molecule has 0 amide bonds. The lowest BCUT2D eigenvalue weighted by Gasteiger charge is -2.21. The predicted molar refractivity (Wildman–Crippen MR) is 47.8 cm³/mol. The number of carbonyl (C=O) groups is 1.